The van der Waals surface area contributed by atoms with E-state index in [9.17, 15) is 0 Å². The van der Waals surface area contributed by atoms with Crippen molar-refractivity contribution in [1.29, 1.82) is 0 Å². The molecule has 0 spiro atoms. The summed E-state index contributed by atoms with van der Waals surface area (Å²) in [7, 11) is -1.97. The fraction of sp³-hybridized carbons (Fsp3) is 0.704. The lowest BCUT2D eigenvalue weighted by Gasteiger charge is -2.48. The third-order valence-electron chi connectivity index (χ3n) is 7.72. The van der Waals surface area contributed by atoms with Crippen LogP contribution in [0.3, 0.4) is 0 Å². The highest BCUT2D eigenvalue weighted by atomic mass is 28.4. The van der Waals surface area contributed by atoms with Gasteiger partial charge in [0, 0.05) is 23.5 Å². The second kappa shape index (κ2) is 13.3. The minimum atomic E-state index is -1.97. The van der Waals surface area contributed by atoms with Gasteiger partial charge >= 0.3 is 0 Å². The van der Waals surface area contributed by atoms with Gasteiger partial charge in [-0.2, -0.15) is 0 Å². The predicted octanol–water partition coefficient (Wildman–Crippen LogP) is 8.44. The summed E-state index contributed by atoms with van der Waals surface area (Å²) in [5, 5.41) is 3.81. The van der Waals surface area contributed by atoms with E-state index in [1.165, 1.54) is 5.56 Å². The maximum absolute atomic E-state index is 8.75. The van der Waals surface area contributed by atoms with Gasteiger partial charge in [0.2, 0.25) is 0 Å². The van der Waals surface area contributed by atoms with Crippen molar-refractivity contribution in [2.45, 2.75) is 90.5 Å². The van der Waals surface area contributed by atoms with Crippen LogP contribution in [0, 0.1) is 11.3 Å². The Morgan fingerprint density at radius 2 is 1.73 bits per heavy atom. The molecule has 0 saturated heterocycles. The molecule has 0 N–H and O–H groups in total. The molecule has 0 aliphatic heterocycles. The number of rotatable bonds is 14. The monoisotopic (exact) mass is 471 g/mol. The largest absolute Gasteiger partial charge is 0.415 e. The standard InChI is InChI=1S/C27H45N3O2Si/c1-22(2)33(23(3)4,24(5)6)32-21-27(17-12-18-29-30-28)16-11-10-15-26(27)20-31-19-25-13-8-7-9-14-25/h7-11,13-14,22-24,26H,12,15-21H2,1-6H3/t26-,27-/m1/s1. The van der Waals surface area contributed by atoms with Crippen LogP contribution in [0.5, 0.6) is 0 Å². The molecule has 1 aliphatic rings. The first-order valence-electron chi connectivity index (χ1n) is 12.7. The van der Waals surface area contributed by atoms with E-state index in [1.807, 2.05) is 6.07 Å². The summed E-state index contributed by atoms with van der Waals surface area (Å²) in [6, 6.07) is 10.4. The van der Waals surface area contributed by atoms with Gasteiger partial charge in [-0.1, -0.05) is 89.1 Å². The minimum Gasteiger partial charge on any atom is -0.415 e. The topological polar surface area (TPSA) is 67.2 Å². The van der Waals surface area contributed by atoms with E-state index in [0.717, 1.165) is 38.9 Å². The van der Waals surface area contributed by atoms with Crippen molar-refractivity contribution >= 4 is 8.32 Å². The summed E-state index contributed by atoms with van der Waals surface area (Å²) in [4.78, 5) is 2.96. The first kappa shape index (κ1) is 27.6. The van der Waals surface area contributed by atoms with Crippen molar-refractivity contribution in [1.82, 2.24) is 0 Å². The van der Waals surface area contributed by atoms with Gasteiger partial charge in [-0.25, -0.2) is 0 Å². The van der Waals surface area contributed by atoms with Crippen LogP contribution >= 0.6 is 0 Å². The first-order chi connectivity index (χ1) is 15.8. The number of hydrogen-bond acceptors (Lipinski definition) is 3. The molecule has 6 heteroatoms. The molecular weight excluding hydrogens is 426 g/mol. The summed E-state index contributed by atoms with van der Waals surface area (Å²) < 4.78 is 13.4. The number of hydrogen-bond donors (Lipinski definition) is 0. The molecule has 0 heterocycles. The Morgan fingerprint density at radius 3 is 2.33 bits per heavy atom. The van der Waals surface area contributed by atoms with E-state index < -0.39 is 8.32 Å². The van der Waals surface area contributed by atoms with Crippen molar-refractivity contribution in [2.24, 2.45) is 16.4 Å². The molecular formula is C27H45N3O2Si. The highest BCUT2D eigenvalue weighted by Gasteiger charge is 2.48. The zero-order valence-corrected chi connectivity index (χ0v) is 22.7. The van der Waals surface area contributed by atoms with Gasteiger partial charge in [-0.3, -0.25) is 0 Å². The molecule has 1 aromatic carbocycles. The summed E-state index contributed by atoms with van der Waals surface area (Å²) in [5.74, 6) is 0.399. The second-order valence-electron chi connectivity index (χ2n) is 10.6. The Labute approximate surface area is 202 Å². The van der Waals surface area contributed by atoms with Crippen molar-refractivity contribution in [2.75, 3.05) is 19.8 Å². The highest BCUT2D eigenvalue weighted by molar-refractivity contribution is 6.77. The molecule has 33 heavy (non-hydrogen) atoms. The average Bonchev–Trinajstić information content (AvgIpc) is 2.78. The fourth-order valence-corrected chi connectivity index (χ4v) is 11.5. The van der Waals surface area contributed by atoms with Gasteiger partial charge in [-0.05, 0) is 59.3 Å². The van der Waals surface area contributed by atoms with Crippen molar-refractivity contribution in [3.8, 4) is 0 Å². The fourth-order valence-electron chi connectivity index (χ4n) is 6.00. The lowest BCUT2D eigenvalue weighted by atomic mass is 9.67. The third-order valence-corrected chi connectivity index (χ3v) is 13.8. The molecule has 0 unspecified atom stereocenters. The molecule has 184 valence electrons. The molecule has 1 aromatic rings. The number of ether oxygens (including phenoxy) is 1. The average molecular weight is 472 g/mol. The number of azide groups is 1. The summed E-state index contributed by atoms with van der Waals surface area (Å²) >= 11 is 0. The Morgan fingerprint density at radius 1 is 1.06 bits per heavy atom. The Kier molecular flexibility index (Phi) is 11.2. The van der Waals surface area contributed by atoms with Crippen molar-refractivity contribution < 1.29 is 9.16 Å². The molecule has 0 saturated carbocycles. The molecule has 5 nitrogen and oxygen atoms in total. The molecule has 2 atom stereocenters. The van der Waals surface area contributed by atoms with Crippen LogP contribution in [-0.2, 0) is 15.8 Å². The third kappa shape index (κ3) is 7.19. The SMILES string of the molecule is CC(C)[Si](OC[C@]1(CCCN=[N+]=[N-])CC=CC[C@@H]1COCc1ccccc1)(C(C)C)C(C)C. The zero-order chi connectivity index (χ0) is 24.3. The van der Waals surface area contributed by atoms with Crippen molar-refractivity contribution in [3.05, 3.63) is 58.5 Å². The van der Waals surface area contributed by atoms with E-state index in [1.54, 1.807) is 0 Å². The second-order valence-corrected chi connectivity index (χ2v) is 16.1. The molecule has 0 bridgehead atoms. The maximum atomic E-state index is 8.75. The number of nitrogens with zero attached hydrogens (tertiary/aromatic N) is 3. The van der Waals surface area contributed by atoms with E-state index in [-0.39, 0.29) is 5.41 Å². The molecule has 0 aromatic heterocycles. The smallest absolute Gasteiger partial charge is 0.200 e. The van der Waals surface area contributed by atoms with E-state index in [0.29, 0.717) is 35.7 Å². The van der Waals surface area contributed by atoms with Gasteiger partial charge in [0.05, 0.1) is 13.2 Å². The first-order valence-corrected chi connectivity index (χ1v) is 14.8. The Bertz CT molecular complexity index is 753. The molecule has 2 rings (SSSR count). The lowest BCUT2D eigenvalue weighted by Crippen LogP contribution is -2.51. The zero-order valence-electron chi connectivity index (χ0n) is 21.7. The van der Waals surface area contributed by atoms with E-state index in [2.05, 4.69) is 88.0 Å². The Hall–Kier alpha value is -1.59. The van der Waals surface area contributed by atoms with Crippen LogP contribution in [-0.4, -0.2) is 28.1 Å². The minimum absolute atomic E-state index is 0.0212. The van der Waals surface area contributed by atoms with Crippen LogP contribution in [0.2, 0.25) is 16.6 Å². The van der Waals surface area contributed by atoms with Crippen LogP contribution in [0.4, 0.5) is 0 Å². The van der Waals surface area contributed by atoms with Gasteiger partial charge in [-0.15, -0.1) is 0 Å². The highest BCUT2D eigenvalue weighted by Crippen LogP contribution is 2.48. The van der Waals surface area contributed by atoms with Gasteiger partial charge in [0.1, 0.15) is 0 Å². The van der Waals surface area contributed by atoms with Crippen molar-refractivity contribution in [3.63, 3.8) is 0 Å². The van der Waals surface area contributed by atoms with E-state index in [4.69, 9.17) is 14.7 Å². The number of allylic oxidation sites excluding steroid dienone is 2. The predicted molar refractivity (Wildman–Crippen MR) is 141 cm³/mol. The summed E-state index contributed by atoms with van der Waals surface area (Å²) in [5.41, 5.74) is 11.7. The van der Waals surface area contributed by atoms with Crippen LogP contribution in [0.15, 0.2) is 47.6 Å². The molecule has 0 amide bonds. The van der Waals surface area contributed by atoms with Gasteiger partial charge in [0.15, 0.2) is 8.32 Å². The van der Waals surface area contributed by atoms with Crippen LogP contribution in [0.1, 0.15) is 72.8 Å². The van der Waals surface area contributed by atoms with Gasteiger partial charge in [0.25, 0.3) is 0 Å². The summed E-state index contributed by atoms with van der Waals surface area (Å²) in [6.07, 6.45) is 8.53. The van der Waals surface area contributed by atoms with E-state index >= 15 is 0 Å². The normalized spacial score (nSPS) is 21.1. The maximum Gasteiger partial charge on any atom is 0.200 e. The Balaban J connectivity index is 2.22. The quantitative estimate of drug-likeness (QED) is 0.0682. The lowest BCUT2D eigenvalue weighted by molar-refractivity contribution is -0.0120. The molecule has 0 radical (unpaired) electrons. The summed E-state index contributed by atoms with van der Waals surface area (Å²) in [6.45, 7) is 16.8. The molecule has 0 fully saturated rings. The number of benzene rings is 1. The van der Waals surface area contributed by atoms with Crippen LogP contribution < -0.4 is 0 Å². The van der Waals surface area contributed by atoms with Gasteiger partial charge < -0.3 is 9.16 Å². The molecule has 1 aliphatic carbocycles. The van der Waals surface area contributed by atoms with Crippen LogP contribution in [0.25, 0.3) is 10.4 Å².